The minimum Gasteiger partial charge on any atom is -0.479 e. The summed E-state index contributed by atoms with van der Waals surface area (Å²) in [6, 6.07) is 9.31. The van der Waals surface area contributed by atoms with Crippen molar-refractivity contribution >= 4 is 5.97 Å². The van der Waals surface area contributed by atoms with Crippen molar-refractivity contribution in [2.45, 2.75) is 25.2 Å². The summed E-state index contributed by atoms with van der Waals surface area (Å²) in [4.78, 5) is 10.5. The van der Waals surface area contributed by atoms with Gasteiger partial charge in [-0.1, -0.05) is 30.3 Å². The molecule has 0 radical (unpaired) electrons. The molecule has 0 heterocycles. The Morgan fingerprint density at radius 3 is 2.65 bits per heavy atom. The molecule has 1 aromatic carbocycles. The zero-order chi connectivity index (χ0) is 12.9. The lowest BCUT2D eigenvalue weighted by molar-refractivity contribution is -0.146. The molecule has 0 aliphatic rings. The summed E-state index contributed by atoms with van der Waals surface area (Å²) in [5.74, 6) is -1.57. The molecule has 0 saturated heterocycles. The van der Waals surface area contributed by atoms with E-state index in [2.05, 4.69) is 0 Å². The third-order valence-electron chi connectivity index (χ3n) is 2.32. The van der Waals surface area contributed by atoms with Crippen molar-refractivity contribution in [1.29, 1.82) is 0 Å². The molecule has 0 spiro atoms. The van der Waals surface area contributed by atoms with E-state index < -0.39 is 17.7 Å². The lowest BCUT2D eigenvalue weighted by Crippen LogP contribution is -2.53. The van der Waals surface area contributed by atoms with Gasteiger partial charge in [-0.05, 0) is 12.5 Å². The highest BCUT2D eigenvalue weighted by atomic mass is 19.1. The Bertz CT molecular complexity index is 367. The number of carboxylic acids is 1. The Kier molecular flexibility index (Phi) is 4.60. The molecule has 0 aliphatic heterocycles. The van der Waals surface area contributed by atoms with E-state index in [9.17, 15) is 9.18 Å². The molecule has 5 heteroatoms. The molecule has 2 unspecified atom stereocenters. The topological polar surface area (TPSA) is 72.5 Å². The number of ether oxygens (including phenoxy) is 1. The van der Waals surface area contributed by atoms with Crippen LogP contribution in [0.2, 0.25) is 0 Å². The summed E-state index contributed by atoms with van der Waals surface area (Å²) >= 11 is 0. The Morgan fingerprint density at radius 1 is 1.53 bits per heavy atom. The van der Waals surface area contributed by atoms with Gasteiger partial charge in [-0.2, -0.15) is 0 Å². The first kappa shape index (κ1) is 13.6. The van der Waals surface area contributed by atoms with E-state index in [4.69, 9.17) is 15.6 Å². The molecule has 0 aliphatic carbocycles. The van der Waals surface area contributed by atoms with E-state index in [0.717, 1.165) is 5.56 Å². The van der Waals surface area contributed by atoms with Crippen LogP contribution in [-0.4, -0.2) is 29.4 Å². The Balaban J connectivity index is 2.43. The number of aliphatic carboxylic acids is 1. The molecule has 0 bridgehead atoms. The highest BCUT2D eigenvalue weighted by Gasteiger charge is 2.36. The number of benzene rings is 1. The second-order valence-corrected chi connectivity index (χ2v) is 4.19. The van der Waals surface area contributed by atoms with Gasteiger partial charge in [0.2, 0.25) is 6.17 Å². The van der Waals surface area contributed by atoms with Crippen LogP contribution < -0.4 is 5.73 Å². The van der Waals surface area contributed by atoms with Crippen molar-refractivity contribution in [3.05, 3.63) is 35.9 Å². The molecule has 2 atom stereocenters. The second kappa shape index (κ2) is 5.75. The van der Waals surface area contributed by atoms with Gasteiger partial charge in [0.15, 0.2) is 0 Å². The number of rotatable bonds is 6. The summed E-state index contributed by atoms with van der Waals surface area (Å²) < 4.78 is 18.5. The van der Waals surface area contributed by atoms with Gasteiger partial charge < -0.3 is 15.6 Å². The number of carboxylic acid groups (broad SMARTS) is 1. The third-order valence-corrected chi connectivity index (χ3v) is 2.32. The van der Waals surface area contributed by atoms with Gasteiger partial charge in [0.05, 0.1) is 18.8 Å². The molecule has 0 aromatic heterocycles. The highest BCUT2D eigenvalue weighted by molar-refractivity contribution is 5.74. The van der Waals surface area contributed by atoms with Crippen molar-refractivity contribution in [3.63, 3.8) is 0 Å². The van der Waals surface area contributed by atoms with Crippen LogP contribution in [0.4, 0.5) is 4.39 Å². The molecule has 0 fully saturated rings. The molecule has 1 aromatic rings. The highest BCUT2D eigenvalue weighted by Crippen LogP contribution is 2.12. The maximum atomic E-state index is 13.2. The Labute approximate surface area is 99.2 Å². The van der Waals surface area contributed by atoms with Gasteiger partial charge in [-0.25, -0.2) is 9.18 Å². The number of nitrogens with two attached hydrogens (primary N) is 1. The van der Waals surface area contributed by atoms with Gasteiger partial charge in [0, 0.05) is 0 Å². The SMILES string of the molecule is CC(N)(COCc1ccccc1)C(F)C(=O)O. The van der Waals surface area contributed by atoms with Crippen molar-refractivity contribution < 1.29 is 19.0 Å². The quantitative estimate of drug-likeness (QED) is 0.788. The smallest absolute Gasteiger partial charge is 0.340 e. The van der Waals surface area contributed by atoms with Crippen LogP contribution in [0.15, 0.2) is 30.3 Å². The lowest BCUT2D eigenvalue weighted by atomic mass is 9.99. The Morgan fingerprint density at radius 2 is 2.12 bits per heavy atom. The molecule has 3 N–H and O–H groups in total. The fourth-order valence-electron chi connectivity index (χ4n) is 1.32. The van der Waals surface area contributed by atoms with Crippen LogP contribution in [-0.2, 0) is 16.1 Å². The van der Waals surface area contributed by atoms with Gasteiger partial charge in [0.25, 0.3) is 0 Å². The lowest BCUT2D eigenvalue weighted by Gasteiger charge is -2.25. The largest absolute Gasteiger partial charge is 0.479 e. The number of alkyl halides is 1. The number of hydrogen-bond donors (Lipinski definition) is 2. The molecule has 1 rings (SSSR count). The fourth-order valence-corrected chi connectivity index (χ4v) is 1.32. The van der Waals surface area contributed by atoms with Gasteiger partial charge in [-0.3, -0.25) is 0 Å². The molecule has 4 nitrogen and oxygen atoms in total. The van der Waals surface area contributed by atoms with Gasteiger partial charge >= 0.3 is 5.97 Å². The van der Waals surface area contributed by atoms with E-state index >= 15 is 0 Å². The average Bonchev–Trinajstić information content (AvgIpc) is 2.29. The molecule has 0 saturated carbocycles. The Hall–Kier alpha value is -1.46. The maximum absolute atomic E-state index is 13.2. The molecule has 0 amide bonds. The van der Waals surface area contributed by atoms with Crippen LogP contribution >= 0.6 is 0 Å². The predicted octanol–water partition coefficient (Wildman–Crippen LogP) is 1.34. The van der Waals surface area contributed by atoms with E-state index in [1.165, 1.54) is 6.92 Å². The molecular weight excluding hydrogens is 225 g/mol. The summed E-state index contributed by atoms with van der Waals surface area (Å²) in [5, 5.41) is 8.52. The van der Waals surface area contributed by atoms with E-state index in [1.54, 1.807) is 0 Å². The number of hydrogen-bond acceptors (Lipinski definition) is 3. The molecular formula is C12H16FNO3. The first-order valence-electron chi connectivity index (χ1n) is 5.21. The normalized spacial score (nSPS) is 16.2. The van der Waals surface area contributed by atoms with Gasteiger partial charge in [0.1, 0.15) is 0 Å². The number of carbonyl (C=O) groups is 1. The number of halogens is 1. The minimum absolute atomic E-state index is 0.157. The van der Waals surface area contributed by atoms with E-state index in [-0.39, 0.29) is 13.2 Å². The van der Waals surface area contributed by atoms with Crippen LogP contribution in [0.5, 0.6) is 0 Å². The standard InChI is InChI=1S/C12H16FNO3/c1-12(14,10(13)11(15)16)8-17-7-9-5-3-2-4-6-9/h2-6,10H,7-8,14H2,1H3,(H,15,16). The van der Waals surface area contributed by atoms with Crippen molar-refractivity contribution in [2.75, 3.05) is 6.61 Å². The predicted molar refractivity (Wildman–Crippen MR) is 61.2 cm³/mol. The van der Waals surface area contributed by atoms with Crippen LogP contribution in [0.1, 0.15) is 12.5 Å². The van der Waals surface area contributed by atoms with Crippen molar-refractivity contribution in [2.24, 2.45) is 5.73 Å². The summed E-state index contributed by atoms with van der Waals surface area (Å²) in [6.07, 6.45) is -2.14. The second-order valence-electron chi connectivity index (χ2n) is 4.19. The molecule has 94 valence electrons. The van der Waals surface area contributed by atoms with E-state index in [1.807, 2.05) is 30.3 Å². The van der Waals surface area contributed by atoms with E-state index in [0.29, 0.717) is 0 Å². The van der Waals surface area contributed by atoms with Gasteiger partial charge in [-0.15, -0.1) is 0 Å². The van der Waals surface area contributed by atoms with Crippen LogP contribution in [0.3, 0.4) is 0 Å². The fraction of sp³-hybridized carbons (Fsp3) is 0.417. The first-order valence-corrected chi connectivity index (χ1v) is 5.21. The van der Waals surface area contributed by atoms with Crippen LogP contribution in [0.25, 0.3) is 0 Å². The summed E-state index contributed by atoms with van der Waals surface area (Å²) in [7, 11) is 0. The summed E-state index contributed by atoms with van der Waals surface area (Å²) in [5.41, 5.74) is 4.94. The van der Waals surface area contributed by atoms with Crippen LogP contribution in [0, 0.1) is 0 Å². The first-order chi connectivity index (χ1) is 7.93. The van der Waals surface area contributed by atoms with Crippen molar-refractivity contribution in [3.8, 4) is 0 Å². The summed E-state index contributed by atoms with van der Waals surface area (Å²) in [6.45, 7) is 1.44. The maximum Gasteiger partial charge on any atom is 0.340 e. The molecule has 17 heavy (non-hydrogen) atoms. The van der Waals surface area contributed by atoms with Crippen molar-refractivity contribution in [1.82, 2.24) is 0 Å². The zero-order valence-corrected chi connectivity index (χ0v) is 9.60. The zero-order valence-electron chi connectivity index (χ0n) is 9.60. The monoisotopic (exact) mass is 241 g/mol. The third kappa shape index (κ3) is 4.13. The minimum atomic E-state index is -2.14. The average molecular weight is 241 g/mol.